The summed E-state index contributed by atoms with van der Waals surface area (Å²) >= 11 is 4.81. The third-order valence-corrected chi connectivity index (χ3v) is 2.60. The predicted molar refractivity (Wildman–Crippen MR) is 73.9 cm³/mol. The second kappa shape index (κ2) is 7.12. The lowest BCUT2D eigenvalue weighted by molar-refractivity contribution is 0.287. The monoisotopic (exact) mass is 253 g/mol. The molecule has 0 radical (unpaired) electrons. The van der Waals surface area contributed by atoms with E-state index in [9.17, 15) is 0 Å². The van der Waals surface area contributed by atoms with Crippen LogP contribution >= 0.6 is 12.2 Å². The fourth-order valence-electron chi connectivity index (χ4n) is 1.48. The zero-order valence-corrected chi connectivity index (χ0v) is 11.2. The summed E-state index contributed by atoms with van der Waals surface area (Å²) in [7, 11) is 1.65. The van der Waals surface area contributed by atoms with E-state index < -0.39 is 0 Å². The van der Waals surface area contributed by atoms with Crippen molar-refractivity contribution in [2.45, 2.75) is 26.2 Å². The molecule has 94 valence electrons. The SMILES string of the molecule is COc1cc(C)ccc1OCCCCC(N)=S. The predicted octanol–water partition coefficient (Wildman–Crippen LogP) is 2.84. The van der Waals surface area contributed by atoms with E-state index in [-0.39, 0.29) is 0 Å². The zero-order valence-electron chi connectivity index (χ0n) is 10.4. The smallest absolute Gasteiger partial charge is 0.161 e. The molecule has 3 nitrogen and oxygen atoms in total. The largest absolute Gasteiger partial charge is 0.493 e. The Morgan fingerprint density at radius 3 is 2.71 bits per heavy atom. The van der Waals surface area contributed by atoms with Gasteiger partial charge in [0.15, 0.2) is 11.5 Å². The summed E-state index contributed by atoms with van der Waals surface area (Å²) in [5.41, 5.74) is 6.57. The van der Waals surface area contributed by atoms with E-state index in [0.29, 0.717) is 11.6 Å². The molecule has 0 aliphatic rings. The molecule has 0 aliphatic heterocycles. The van der Waals surface area contributed by atoms with Crippen molar-refractivity contribution in [1.29, 1.82) is 0 Å². The minimum absolute atomic E-state index is 0.568. The van der Waals surface area contributed by atoms with Gasteiger partial charge < -0.3 is 15.2 Å². The molecule has 0 saturated heterocycles. The Morgan fingerprint density at radius 1 is 1.29 bits per heavy atom. The second-order valence-corrected chi connectivity index (χ2v) is 4.45. The van der Waals surface area contributed by atoms with Gasteiger partial charge in [-0.15, -0.1) is 0 Å². The standard InChI is InChI=1S/C13H19NO2S/c1-10-6-7-11(12(9-10)15-2)16-8-4-3-5-13(14)17/h6-7,9H,3-5,8H2,1-2H3,(H2,14,17). The fourth-order valence-corrected chi connectivity index (χ4v) is 1.62. The van der Waals surface area contributed by atoms with E-state index >= 15 is 0 Å². The van der Waals surface area contributed by atoms with Crippen LogP contribution in [0.5, 0.6) is 11.5 Å². The summed E-state index contributed by atoms with van der Waals surface area (Å²) in [6, 6.07) is 5.90. The van der Waals surface area contributed by atoms with Crippen LogP contribution in [0.1, 0.15) is 24.8 Å². The molecule has 0 amide bonds. The summed E-state index contributed by atoms with van der Waals surface area (Å²) in [5.74, 6) is 1.56. The highest BCUT2D eigenvalue weighted by Crippen LogP contribution is 2.27. The van der Waals surface area contributed by atoms with Crippen molar-refractivity contribution in [1.82, 2.24) is 0 Å². The van der Waals surface area contributed by atoms with Crippen LogP contribution < -0.4 is 15.2 Å². The van der Waals surface area contributed by atoms with Crippen molar-refractivity contribution < 1.29 is 9.47 Å². The average molecular weight is 253 g/mol. The molecule has 1 aromatic rings. The van der Waals surface area contributed by atoms with Gasteiger partial charge in [0.2, 0.25) is 0 Å². The molecule has 0 fully saturated rings. The van der Waals surface area contributed by atoms with Gasteiger partial charge in [0.05, 0.1) is 18.7 Å². The molecule has 0 atom stereocenters. The van der Waals surface area contributed by atoms with Crippen molar-refractivity contribution in [2.24, 2.45) is 5.73 Å². The van der Waals surface area contributed by atoms with Gasteiger partial charge in [0, 0.05) is 0 Å². The van der Waals surface area contributed by atoms with Crippen molar-refractivity contribution in [3.05, 3.63) is 23.8 Å². The van der Waals surface area contributed by atoms with Gasteiger partial charge in [0.1, 0.15) is 0 Å². The Labute approximate surface area is 108 Å². The van der Waals surface area contributed by atoms with E-state index in [1.165, 1.54) is 0 Å². The molecule has 0 unspecified atom stereocenters. The number of hydrogen-bond acceptors (Lipinski definition) is 3. The van der Waals surface area contributed by atoms with Crippen molar-refractivity contribution in [3.8, 4) is 11.5 Å². The maximum Gasteiger partial charge on any atom is 0.161 e. The first-order valence-electron chi connectivity index (χ1n) is 5.69. The van der Waals surface area contributed by atoms with Crippen LogP contribution in [0, 0.1) is 6.92 Å². The molecule has 4 heteroatoms. The van der Waals surface area contributed by atoms with Gasteiger partial charge in [-0.1, -0.05) is 18.3 Å². The maximum atomic E-state index is 5.66. The Balaban J connectivity index is 2.38. The Kier molecular flexibility index (Phi) is 5.77. The normalized spacial score (nSPS) is 10.0. The number of hydrogen-bond donors (Lipinski definition) is 1. The van der Waals surface area contributed by atoms with Crippen LogP contribution in [-0.4, -0.2) is 18.7 Å². The molecule has 0 heterocycles. The molecule has 17 heavy (non-hydrogen) atoms. The van der Waals surface area contributed by atoms with Gasteiger partial charge in [-0.2, -0.15) is 0 Å². The molecule has 0 aromatic heterocycles. The van der Waals surface area contributed by atoms with E-state index in [1.54, 1.807) is 7.11 Å². The van der Waals surface area contributed by atoms with Gasteiger partial charge in [-0.25, -0.2) is 0 Å². The minimum Gasteiger partial charge on any atom is -0.493 e. The number of rotatable bonds is 7. The summed E-state index contributed by atoms with van der Waals surface area (Å²) in [4.78, 5) is 0.568. The van der Waals surface area contributed by atoms with E-state index in [2.05, 4.69) is 0 Å². The van der Waals surface area contributed by atoms with E-state index in [1.807, 2.05) is 25.1 Å². The minimum atomic E-state index is 0.568. The first-order chi connectivity index (χ1) is 8.13. The van der Waals surface area contributed by atoms with Gasteiger partial charge in [-0.3, -0.25) is 0 Å². The summed E-state index contributed by atoms with van der Waals surface area (Å²) < 4.78 is 10.9. The van der Waals surface area contributed by atoms with Gasteiger partial charge in [0.25, 0.3) is 0 Å². The molecule has 0 spiro atoms. The topological polar surface area (TPSA) is 44.5 Å². The Morgan fingerprint density at radius 2 is 2.06 bits per heavy atom. The van der Waals surface area contributed by atoms with Crippen LogP contribution in [0.2, 0.25) is 0 Å². The van der Waals surface area contributed by atoms with Gasteiger partial charge >= 0.3 is 0 Å². The van der Waals surface area contributed by atoms with Crippen molar-refractivity contribution >= 4 is 17.2 Å². The van der Waals surface area contributed by atoms with Crippen molar-refractivity contribution in [2.75, 3.05) is 13.7 Å². The van der Waals surface area contributed by atoms with Crippen LogP contribution in [-0.2, 0) is 0 Å². The third kappa shape index (κ3) is 5.04. The first-order valence-corrected chi connectivity index (χ1v) is 6.10. The summed E-state index contributed by atoms with van der Waals surface area (Å²) in [6.45, 7) is 2.68. The lowest BCUT2D eigenvalue weighted by Crippen LogP contribution is -2.08. The van der Waals surface area contributed by atoms with E-state index in [0.717, 1.165) is 36.3 Å². The molecule has 1 rings (SSSR count). The molecule has 0 saturated carbocycles. The maximum absolute atomic E-state index is 5.66. The fraction of sp³-hybridized carbons (Fsp3) is 0.462. The zero-order chi connectivity index (χ0) is 12.7. The molecule has 1 aromatic carbocycles. The number of ether oxygens (including phenoxy) is 2. The van der Waals surface area contributed by atoms with E-state index in [4.69, 9.17) is 27.4 Å². The Bertz CT molecular complexity index is 380. The Hall–Kier alpha value is -1.29. The van der Waals surface area contributed by atoms with Crippen LogP contribution in [0.4, 0.5) is 0 Å². The number of benzene rings is 1. The van der Waals surface area contributed by atoms with Crippen LogP contribution in [0.25, 0.3) is 0 Å². The lowest BCUT2D eigenvalue weighted by Gasteiger charge is -2.11. The average Bonchev–Trinajstić information content (AvgIpc) is 2.29. The highest BCUT2D eigenvalue weighted by atomic mass is 32.1. The highest BCUT2D eigenvalue weighted by molar-refractivity contribution is 7.80. The lowest BCUT2D eigenvalue weighted by atomic mass is 10.2. The van der Waals surface area contributed by atoms with Crippen LogP contribution in [0.3, 0.4) is 0 Å². The first kappa shape index (κ1) is 13.8. The number of unbranched alkanes of at least 4 members (excludes halogenated alkanes) is 1. The quantitative estimate of drug-likeness (QED) is 0.599. The summed E-state index contributed by atoms with van der Waals surface area (Å²) in [6.07, 6.45) is 2.68. The summed E-state index contributed by atoms with van der Waals surface area (Å²) in [5, 5.41) is 0. The number of nitrogens with two attached hydrogens (primary N) is 1. The molecular weight excluding hydrogens is 234 g/mol. The highest BCUT2D eigenvalue weighted by Gasteiger charge is 2.03. The molecule has 0 bridgehead atoms. The number of methoxy groups -OCH3 is 1. The third-order valence-electron chi connectivity index (χ3n) is 2.39. The number of aryl methyl sites for hydroxylation is 1. The number of thiocarbonyl (C=S) groups is 1. The molecular formula is C13H19NO2S. The second-order valence-electron chi connectivity index (χ2n) is 3.93. The molecule has 0 aliphatic carbocycles. The molecule has 2 N–H and O–H groups in total. The van der Waals surface area contributed by atoms with Crippen molar-refractivity contribution in [3.63, 3.8) is 0 Å². The van der Waals surface area contributed by atoms with Gasteiger partial charge in [-0.05, 0) is 43.9 Å². The van der Waals surface area contributed by atoms with Crippen LogP contribution in [0.15, 0.2) is 18.2 Å².